The van der Waals surface area contributed by atoms with Gasteiger partial charge in [-0.15, -0.1) is 0 Å². The first-order valence-electron chi connectivity index (χ1n) is 7.39. The van der Waals surface area contributed by atoms with Crippen molar-refractivity contribution in [3.05, 3.63) is 52.3 Å². The molecule has 0 saturated heterocycles. The van der Waals surface area contributed by atoms with Gasteiger partial charge in [0.15, 0.2) is 0 Å². The van der Waals surface area contributed by atoms with E-state index >= 15 is 0 Å². The van der Waals surface area contributed by atoms with Gasteiger partial charge in [-0.25, -0.2) is 0 Å². The van der Waals surface area contributed by atoms with Gasteiger partial charge >= 0.3 is 0 Å². The number of hydrogen-bond acceptors (Lipinski definition) is 3. The van der Waals surface area contributed by atoms with Crippen LogP contribution in [0.15, 0.2) is 41.2 Å². The molecule has 1 aromatic carbocycles. The molecule has 22 heavy (non-hydrogen) atoms. The highest BCUT2D eigenvalue weighted by molar-refractivity contribution is 5.68. The van der Waals surface area contributed by atoms with Crippen LogP contribution in [0.5, 0.6) is 5.75 Å². The van der Waals surface area contributed by atoms with Crippen molar-refractivity contribution in [1.29, 1.82) is 0 Å². The average Bonchev–Trinajstić information content (AvgIpc) is 2.45. The standard InChI is InChI=1S/C18H23NO3/c1-12(2)19-15(13-8-6-7-9-16(13)22-5)11-10-14(17(19)20)18(3,4)21/h6-12,21H,1-5H3. The molecule has 0 spiro atoms. The molecule has 118 valence electrons. The summed E-state index contributed by atoms with van der Waals surface area (Å²) < 4.78 is 7.11. The largest absolute Gasteiger partial charge is 0.496 e. The third-order valence-electron chi connectivity index (χ3n) is 3.68. The summed E-state index contributed by atoms with van der Waals surface area (Å²) in [7, 11) is 1.61. The van der Waals surface area contributed by atoms with Crippen LogP contribution in [0.2, 0.25) is 0 Å². The van der Waals surface area contributed by atoms with Crippen molar-refractivity contribution in [2.24, 2.45) is 0 Å². The van der Waals surface area contributed by atoms with Gasteiger partial charge in [0.1, 0.15) is 5.75 Å². The lowest BCUT2D eigenvalue weighted by atomic mass is 9.98. The van der Waals surface area contributed by atoms with Crippen molar-refractivity contribution >= 4 is 0 Å². The molecule has 0 aliphatic heterocycles. The van der Waals surface area contributed by atoms with E-state index in [1.54, 1.807) is 31.6 Å². The van der Waals surface area contributed by atoms with E-state index in [9.17, 15) is 9.90 Å². The summed E-state index contributed by atoms with van der Waals surface area (Å²) in [5.41, 5.74) is 0.682. The summed E-state index contributed by atoms with van der Waals surface area (Å²) >= 11 is 0. The van der Waals surface area contributed by atoms with Gasteiger partial charge in [0, 0.05) is 17.2 Å². The molecule has 0 atom stereocenters. The molecule has 0 radical (unpaired) electrons. The number of pyridine rings is 1. The average molecular weight is 301 g/mol. The van der Waals surface area contributed by atoms with Crippen molar-refractivity contribution in [1.82, 2.24) is 4.57 Å². The van der Waals surface area contributed by atoms with E-state index in [1.807, 2.05) is 44.2 Å². The summed E-state index contributed by atoms with van der Waals surface area (Å²) in [6.07, 6.45) is 0. The SMILES string of the molecule is COc1ccccc1-c1ccc(C(C)(C)O)c(=O)n1C(C)C. The number of methoxy groups -OCH3 is 1. The normalized spacial score (nSPS) is 11.8. The van der Waals surface area contributed by atoms with Gasteiger partial charge in [-0.1, -0.05) is 12.1 Å². The number of aliphatic hydroxyl groups is 1. The van der Waals surface area contributed by atoms with Crippen molar-refractivity contribution in [2.45, 2.75) is 39.3 Å². The minimum absolute atomic E-state index is 0.0327. The highest BCUT2D eigenvalue weighted by atomic mass is 16.5. The summed E-state index contributed by atoms with van der Waals surface area (Å²) in [6, 6.07) is 11.1. The van der Waals surface area contributed by atoms with Crippen LogP contribution < -0.4 is 10.3 Å². The third-order valence-corrected chi connectivity index (χ3v) is 3.68. The van der Waals surface area contributed by atoms with Crippen LogP contribution in [-0.4, -0.2) is 16.8 Å². The zero-order valence-corrected chi connectivity index (χ0v) is 13.8. The van der Waals surface area contributed by atoms with E-state index in [0.717, 1.165) is 11.3 Å². The van der Waals surface area contributed by atoms with E-state index in [1.165, 1.54) is 0 Å². The number of benzene rings is 1. The van der Waals surface area contributed by atoms with Gasteiger partial charge in [-0.2, -0.15) is 0 Å². The van der Waals surface area contributed by atoms with Gasteiger partial charge < -0.3 is 14.4 Å². The maximum atomic E-state index is 12.8. The minimum Gasteiger partial charge on any atom is -0.496 e. The Hall–Kier alpha value is -2.07. The molecule has 0 amide bonds. The number of para-hydroxylation sites is 1. The van der Waals surface area contributed by atoms with Crippen molar-refractivity contribution in [3.63, 3.8) is 0 Å². The molecule has 4 nitrogen and oxygen atoms in total. The lowest BCUT2D eigenvalue weighted by molar-refractivity contribution is 0.0764. The summed E-state index contributed by atoms with van der Waals surface area (Å²) in [4.78, 5) is 12.8. The molecule has 4 heteroatoms. The van der Waals surface area contributed by atoms with Crippen molar-refractivity contribution in [2.75, 3.05) is 7.11 Å². The fourth-order valence-electron chi connectivity index (χ4n) is 2.61. The van der Waals surface area contributed by atoms with Gasteiger partial charge in [-0.3, -0.25) is 4.79 Å². The molecule has 0 aliphatic carbocycles. The molecule has 0 aliphatic rings. The minimum atomic E-state index is -1.17. The third kappa shape index (κ3) is 2.92. The summed E-state index contributed by atoms with van der Waals surface area (Å²) in [5.74, 6) is 0.715. The van der Waals surface area contributed by atoms with Crippen LogP contribution in [0.25, 0.3) is 11.3 Å². The second-order valence-corrected chi connectivity index (χ2v) is 6.16. The van der Waals surface area contributed by atoms with Gasteiger partial charge in [-0.05, 0) is 52.0 Å². The predicted octanol–water partition coefficient (Wildman–Crippen LogP) is 3.33. The van der Waals surface area contributed by atoms with E-state index in [-0.39, 0.29) is 11.6 Å². The first-order chi connectivity index (χ1) is 10.3. The Bertz CT molecular complexity index is 724. The summed E-state index contributed by atoms with van der Waals surface area (Å²) in [6.45, 7) is 7.15. The maximum absolute atomic E-state index is 12.8. The number of nitrogens with zero attached hydrogens (tertiary/aromatic N) is 1. The molecule has 0 fully saturated rings. The molecular weight excluding hydrogens is 278 g/mol. The van der Waals surface area contributed by atoms with E-state index in [0.29, 0.717) is 11.3 Å². The molecule has 0 bridgehead atoms. The Morgan fingerprint density at radius 3 is 2.32 bits per heavy atom. The molecule has 1 aromatic heterocycles. The maximum Gasteiger partial charge on any atom is 0.257 e. The number of hydrogen-bond donors (Lipinski definition) is 1. The zero-order chi connectivity index (χ0) is 16.5. The number of aromatic nitrogens is 1. The van der Waals surface area contributed by atoms with Crippen LogP contribution in [0.3, 0.4) is 0 Å². The Morgan fingerprint density at radius 1 is 1.14 bits per heavy atom. The lowest BCUT2D eigenvalue weighted by Crippen LogP contribution is -2.33. The smallest absolute Gasteiger partial charge is 0.257 e. The molecule has 2 aromatic rings. The van der Waals surface area contributed by atoms with Crippen LogP contribution in [0.4, 0.5) is 0 Å². The highest BCUT2D eigenvalue weighted by Crippen LogP contribution is 2.31. The first kappa shape index (κ1) is 16.3. The molecule has 0 saturated carbocycles. The van der Waals surface area contributed by atoms with Gasteiger partial charge in [0.05, 0.1) is 18.4 Å². The monoisotopic (exact) mass is 301 g/mol. The van der Waals surface area contributed by atoms with Gasteiger partial charge in [0.2, 0.25) is 0 Å². The second-order valence-electron chi connectivity index (χ2n) is 6.16. The van der Waals surface area contributed by atoms with Crippen LogP contribution in [-0.2, 0) is 5.60 Å². The van der Waals surface area contributed by atoms with E-state index in [2.05, 4.69) is 0 Å². The second kappa shape index (κ2) is 5.97. The highest BCUT2D eigenvalue weighted by Gasteiger charge is 2.24. The Kier molecular flexibility index (Phi) is 4.42. The molecular formula is C18H23NO3. The van der Waals surface area contributed by atoms with Crippen molar-refractivity contribution in [3.8, 4) is 17.0 Å². The predicted molar refractivity (Wildman–Crippen MR) is 88.3 cm³/mol. The van der Waals surface area contributed by atoms with Crippen molar-refractivity contribution < 1.29 is 9.84 Å². The first-order valence-corrected chi connectivity index (χ1v) is 7.39. The lowest BCUT2D eigenvalue weighted by Gasteiger charge is -2.23. The van der Waals surface area contributed by atoms with Gasteiger partial charge in [0.25, 0.3) is 5.56 Å². The van der Waals surface area contributed by atoms with E-state index < -0.39 is 5.60 Å². The quantitative estimate of drug-likeness (QED) is 0.942. The Balaban J connectivity index is 2.78. The number of rotatable bonds is 4. The molecule has 2 rings (SSSR count). The van der Waals surface area contributed by atoms with Crippen LogP contribution >= 0.6 is 0 Å². The molecule has 1 heterocycles. The topological polar surface area (TPSA) is 51.5 Å². The zero-order valence-electron chi connectivity index (χ0n) is 13.8. The van der Waals surface area contributed by atoms with Crippen LogP contribution in [0, 0.1) is 0 Å². The fourth-order valence-corrected chi connectivity index (χ4v) is 2.61. The number of ether oxygens (including phenoxy) is 1. The summed E-state index contributed by atoms with van der Waals surface area (Å²) in [5, 5.41) is 10.2. The Morgan fingerprint density at radius 2 is 1.77 bits per heavy atom. The van der Waals surface area contributed by atoms with Crippen LogP contribution in [0.1, 0.15) is 39.3 Å². The molecule has 0 unspecified atom stereocenters. The fraction of sp³-hybridized carbons (Fsp3) is 0.389. The Labute approximate surface area is 131 Å². The van der Waals surface area contributed by atoms with E-state index in [4.69, 9.17) is 4.74 Å². The molecule has 1 N–H and O–H groups in total.